The van der Waals surface area contributed by atoms with E-state index in [4.69, 9.17) is 0 Å². The van der Waals surface area contributed by atoms with Crippen molar-refractivity contribution >= 4 is 5.78 Å². The van der Waals surface area contributed by atoms with Crippen LogP contribution in [0.1, 0.15) is 24.0 Å². The summed E-state index contributed by atoms with van der Waals surface area (Å²) in [4.78, 5) is 11.7. The Morgan fingerprint density at radius 3 is 2.00 bits per heavy atom. The number of carbonyl (C=O) groups is 1. The molecular weight excluding hydrogens is 215 g/mol. The molecule has 17 heavy (non-hydrogen) atoms. The van der Waals surface area contributed by atoms with Crippen molar-refractivity contribution in [2.45, 2.75) is 12.8 Å². The predicted octanol–water partition coefficient (Wildman–Crippen LogP) is 3.55. The minimum absolute atomic E-state index is 0.0582. The summed E-state index contributed by atoms with van der Waals surface area (Å²) in [5.74, 6) is -0.538. The van der Waals surface area contributed by atoms with Gasteiger partial charge in [0.25, 0.3) is 0 Å². The molecule has 1 atom stereocenters. The van der Waals surface area contributed by atoms with Crippen LogP contribution in [0.2, 0.25) is 0 Å². The van der Waals surface area contributed by atoms with Crippen LogP contribution in [-0.4, -0.2) is 5.78 Å². The van der Waals surface area contributed by atoms with E-state index in [0.29, 0.717) is 0 Å². The molecule has 2 aromatic carbocycles. The third-order valence-corrected chi connectivity index (χ3v) is 2.74. The summed E-state index contributed by atoms with van der Waals surface area (Å²) in [6.07, 6.45) is 0. The maximum Gasteiger partial charge on any atom is 0.141 e. The number of carbonyl (C=O) groups excluding carboxylic acids is 1. The van der Waals surface area contributed by atoms with E-state index in [9.17, 15) is 9.18 Å². The van der Waals surface area contributed by atoms with Gasteiger partial charge in [-0.3, -0.25) is 4.79 Å². The minimum atomic E-state index is -0.309. The Hall–Kier alpha value is -1.96. The number of hydrogen-bond donors (Lipinski definition) is 0. The first kappa shape index (κ1) is 11.5. The lowest BCUT2D eigenvalue weighted by Gasteiger charge is -2.14. The molecule has 0 saturated carbocycles. The number of ketones is 1. The Labute approximate surface area is 99.9 Å². The molecule has 2 heteroatoms. The number of hydrogen-bond acceptors (Lipinski definition) is 1. The summed E-state index contributed by atoms with van der Waals surface area (Å²) < 4.78 is 12.9. The van der Waals surface area contributed by atoms with E-state index >= 15 is 0 Å². The summed E-state index contributed by atoms with van der Waals surface area (Å²) in [7, 11) is 0. The van der Waals surface area contributed by atoms with Crippen molar-refractivity contribution in [2.24, 2.45) is 0 Å². The molecule has 0 radical (unpaired) electrons. The van der Waals surface area contributed by atoms with Crippen LogP contribution < -0.4 is 0 Å². The Bertz CT molecular complexity index is 502. The zero-order valence-electron chi connectivity index (χ0n) is 9.56. The zero-order chi connectivity index (χ0) is 12.3. The van der Waals surface area contributed by atoms with Crippen molar-refractivity contribution in [2.75, 3.05) is 0 Å². The van der Waals surface area contributed by atoms with E-state index in [0.717, 1.165) is 11.1 Å². The van der Waals surface area contributed by atoms with Gasteiger partial charge in [0.2, 0.25) is 0 Å². The highest BCUT2D eigenvalue weighted by Gasteiger charge is 2.18. The molecular formula is C15H13FO. The number of benzene rings is 2. The van der Waals surface area contributed by atoms with Gasteiger partial charge in [0.15, 0.2) is 0 Å². The minimum Gasteiger partial charge on any atom is -0.299 e. The molecule has 0 aliphatic carbocycles. The van der Waals surface area contributed by atoms with Gasteiger partial charge in [-0.1, -0.05) is 42.5 Å². The largest absolute Gasteiger partial charge is 0.299 e. The van der Waals surface area contributed by atoms with Crippen LogP contribution in [0.25, 0.3) is 0 Å². The van der Waals surface area contributed by atoms with Crippen molar-refractivity contribution in [3.8, 4) is 0 Å². The van der Waals surface area contributed by atoms with Crippen LogP contribution in [0.15, 0.2) is 54.6 Å². The molecule has 0 saturated heterocycles. The Kier molecular flexibility index (Phi) is 3.33. The van der Waals surface area contributed by atoms with Crippen LogP contribution in [0.3, 0.4) is 0 Å². The summed E-state index contributed by atoms with van der Waals surface area (Å²) >= 11 is 0. The van der Waals surface area contributed by atoms with E-state index < -0.39 is 0 Å². The quantitative estimate of drug-likeness (QED) is 0.785. The Morgan fingerprint density at radius 1 is 0.941 bits per heavy atom. The summed E-state index contributed by atoms with van der Waals surface area (Å²) in [5, 5.41) is 0. The molecule has 0 bridgehead atoms. The Balaban J connectivity index is 2.43. The maximum absolute atomic E-state index is 12.9. The lowest BCUT2D eigenvalue weighted by molar-refractivity contribution is -0.117. The van der Waals surface area contributed by atoms with Crippen LogP contribution in [0.5, 0.6) is 0 Å². The van der Waals surface area contributed by atoms with Gasteiger partial charge in [0, 0.05) is 0 Å². The number of Topliss-reactive ketones (excluding diaryl/α,β-unsaturated/α-hetero) is 1. The van der Waals surface area contributed by atoms with Crippen molar-refractivity contribution in [3.63, 3.8) is 0 Å². The fourth-order valence-corrected chi connectivity index (χ4v) is 1.96. The highest BCUT2D eigenvalue weighted by atomic mass is 19.1. The van der Waals surface area contributed by atoms with Gasteiger partial charge in [-0.2, -0.15) is 0 Å². The van der Waals surface area contributed by atoms with Crippen LogP contribution in [0.4, 0.5) is 4.39 Å². The SMILES string of the molecule is CC(=O)[C@H](c1ccccc1)c1ccc(F)cc1. The van der Waals surface area contributed by atoms with Gasteiger partial charge in [0.05, 0.1) is 5.92 Å². The zero-order valence-corrected chi connectivity index (χ0v) is 9.56. The van der Waals surface area contributed by atoms with Crippen LogP contribution in [0, 0.1) is 5.82 Å². The second-order valence-electron chi connectivity index (χ2n) is 4.01. The standard InChI is InChI=1S/C15H13FO/c1-11(17)15(12-5-3-2-4-6-12)13-7-9-14(16)10-8-13/h2-10,15H,1H3/t15-/m1/s1. The maximum atomic E-state index is 12.9. The molecule has 2 rings (SSSR count). The number of halogens is 1. The van der Waals surface area contributed by atoms with Gasteiger partial charge in [-0.05, 0) is 30.2 Å². The van der Waals surface area contributed by atoms with Crippen molar-refractivity contribution in [1.82, 2.24) is 0 Å². The van der Waals surface area contributed by atoms with Crippen molar-refractivity contribution in [1.29, 1.82) is 0 Å². The lowest BCUT2D eigenvalue weighted by atomic mass is 9.88. The third-order valence-electron chi connectivity index (χ3n) is 2.74. The molecule has 0 amide bonds. The van der Waals surface area contributed by atoms with E-state index in [1.165, 1.54) is 12.1 Å². The first-order chi connectivity index (χ1) is 8.18. The molecule has 0 fully saturated rings. The van der Waals surface area contributed by atoms with Crippen LogP contribution >= 0.6 is 0 Å². The number of rotatable bonds is 3. The molecule has 0 N–H and O–H groups in total. The van der Waals surface area contributed by atoms with E-state index in [1.54, 1.807) is 19.1 Å². The van der Waals surface area contributed by atoms with Crippen molar-refractivity contribution < 1.29 is 9.18 Å². The summed E-state index contributed by atoms with van der Waals surface area (Å²) in [6, 6.07) is 15.6. The fraction of sp³-hybridized carbons (Fsp3) is 0.133. The average molecular weight is 228 g/mol. The normalized spacial score (nSPS) is 12.1. The highest BCUT2D eigenvalue weighted by molar-refractivity contribution is 5.86. The molecule has 0 aliphatic heterocycles. The molecule has 0 heterocycles. The average Bonchev–Trinajstić information content (AvgIpc) is 2.33. The van der Waals surface area contributed by atoms with E-state index in [1.807, 2.05) is 30.3 Å². The first-order valence-electron chi connectivity index (χ1n) is 5.49. The molecule has 1 nitrogen and oxygen atoms in total. The molecule has 0 spiro atoms. The molecule has 86 valence electrons. The Morgan fingerprint density at radius 2 is 1.47 bits per heavy atom. The lowest BCUT2D eigenvalue weighted by Crippen LogP contribution is -2.10. The smallest absolute Gasteiger partial charge is 0.141 e. The first-order valence-corrected chi connectivity index (χ1v) is 5.49. The van der Waals surface area contributed by atoms with Gasteiger partial charge in [0.1, 0.15) is 11.6 Å². The van der Waals surface area contributed by atoms with Gasteiger partial charge in [-0.25, -0.2) is 4.39 Å². The monoisotopic (exact) mass is 228 g/mol. The van der Waals surface area contributed by atoms with Gasteiger partial charge < -0.3 is 0 Å². The van der Waals surface area contributed by atoms with E-state index in [-0.39, 0.29) is 17.5 Å². The second kappa shape index (κ2) is 4.91. The third kappa shape index (κ3) is 2.59. The topological polar surface area (TPSA) is 17.1 Å². The predicted molar refractivity (Wildman–Crippen MR) is 65.4 cm³/mol. The van der Waals surface area contributed by atoms with Crippen molar-refractivity contribution in [3.05, 3.63) is 71.5 Å². The van der Waals surface area contributed by atoms with Crippen LogP contribution in [-0.2, 0) is 4.79 Å². The highest BCUT2D eigenvalue weighted by Crippen LogP contribution is 2.25. The van der Waals surface area contributed by atoms with Gasteiger partial charge >= 0.3 is 0 Å². The molecule has 0 unspecified atom stereocenters. The fourth-order valence-electron chi connectivity index (χ4n) is 1.96. The molecule has 2 aromatic rings. The van der Waals surface area contributed by atoms with E-state index in [2.05, 4.69) is 0 Å². The second-order valence-corrected chi connectivity index (χ2v) is 4.01. The summed E-state index contributed by atoms with van der Waals surface area (Å²) in [5.41, 5.74) is 1.76. The molecule has 0 aromatic heterocycles. The summed E-state index contributed by atoms with van der Waals surface area (Å²) in [6.45, 7) is 1.56. The van der Waals surface area contributed by atoms with Gasteiger partial charge in [-0.15, -0.1) is 0 Å². The molecule has 0 aliphatic rings.